The Labute approximate surface area is 172 Å². The first-order chi connectivity index (χ1) is 13.7. The summed E-state index contributed by atoms with van der Waals surface area (Å²) < 4.78 is 30.8. The lowest BCUT2D eigenvalue weighted by molar-refractivity contribution is -0.116. The number of hydrogen-bond acceptors (Lipinski definition) is 7. The van der Waals surface area contributed by atoms with Gasteiger partial charge in [0.05, 0.1) is 17.7 Å². The molecule has 29 heavy (non-hydrogen) atoms. The summed E-state index contributed by atoms with van der Waals surface area (Å²) in [5, 5.41) is 2.99. The van der Waals surface area contributed by atoms with Crippen molar-refractivity contribution in [1.29, 1.82) is 0 Å². The third-order valence-corrected chi connectivity index (χ3v) is 7.53. The molecule has 2 aromatic rings. The van der Waals surface area contributed by atoms with Crippen molar-refractivity contribution < 1.29 is 27.5 Å². The first kappa shape index (κ1) is 21.0. The second-order valence-electron chi connectivity index (χ2n) is 6.38. The highest BCUT2D eigenvalue weighted by molar-refractivity contribution is 7.90. The zero-order valence-corrected chi connectivity index (χ0v) is 17.8. The monoisotopic (exact) mass is 436 g/mol. The van der Waals surface area contributed by atoms with Gasteiger partial charge in [0, 0.05) is 17.8 Å². The van der Waals surface area contributed by atoms with Crippen molar-refractivity contribution in [2.45, 2.75) is 32.1 Å². The topological polar surface area (TPSA) is 110 Å². The molecular weight excluding hydrogens is 416 g/mol. The summed E-state index contributed by atoms with van der Waals surface area (Å²) in [7, 11) is -3.96. The van der Waals surface area contributed by atoms with Crippen molar-refractivity contribution in [1.82, 2.24) is 4.31 Å². The van der Waals surface area contributed by atoms with E-state index in [1.54, 1.807) is 19.9 Å². The van der Waals surface area contributed by atoms with Crippen molar-refractivity contribution in [2.24, 2.45) is 0 Å². The van der Waals surface area contributed by atoms with Gasteiger partial charge in [-0.05, 0) is 38.5 Å². The molecule has 0 spiro atoms. The van der Waals surface area contributed by atoms with Crippen molar-refractivity contribution in [3.05, 3.63) is 45.8 Å². The van der Waals surface area contributed by atoms with Gasteiger partial charge < -0.3 is 10.1 Å². The summed E-state index contributed by atoms with van der Waals surface area (Å²) in [5.41, 5.74) is 1.11. The Balaban J connectivity index is 1.73. The largest absolute Gasteiger partial charge is 0.462 e. The van der Waals surface area contributed by atoms with Crippen molar-refractivity contribution in [2.75, 3.05) is 18.5 Å². The van der Waals surface area contributed by atoms with Crippen LogP contribution in [0.5, 0.6) is 0 Å². The van der Waals surface area contributed by atoms with E-state index < -0.39 is 27.8 Å². The molecule has 1 N–H and O–H groups in total. The van der Waals surface area contributed by atoms with Crippen LogP contribution in [0.25, 0.3) is 0 Å². The number of nitrogens with zero attached hydrogens (tertiary/aromatic N) is 1. The summed E-state index contributed by atoms with van der Waals surface area (Å²) in [5.74, 6) is -1.68. The van der Waals surface area contributed by atoms with Gasteiger partial charge in [-0.1, -0.05) is 12.1 Å². The smallest absolute Gasteiger partial charge is 0.341 e. The van der Waals surface area contributed by atoms with E-state index in [1.807, 2.05) is 6.92 Å². The lowest BCUT2D eigenvalue weighted by Gasteiger charge is -2.14. The van der Waals surface area contributed by atoms with Gasteiger partial charge in [0.15, 0.2) is 0 Å². The average molecular weight is 437 g/mol. The Kier molecular flexibility index (Phi) is 5.76. The zero-order chi connectivity index (χ0) is 21.3. The highest BCUT2D eigenvalue weighted by Gasteiger charge is 2.40. The van der Waals surface area contributed by atoms with Crippen LogP contribution in [0, 0.1) is 13.8 Å². The van der Waals surface area contributed by atoms with Crippen LogP contribution in [-0.4, -0.2) is 43.7 Å². The minimum absolute atomic E-state index is 0.0560. The molecule has 2 amide bonds. The molecule has 0 fully saturated rings. The Morgan fingerprint density at radius 3 is 2.55 bits per heavy atom. The summed E-state index contributed by atoms with van der Waals surface area (Å²) in [6.07, 6.45) is -0.239. The molecule has 1 aromatic carbocycles. The van der Waals surface area contributed by atoms with Crippen LogP contribution >= 0.6 is 11.3 Å². The third-order valence-electron chi connectivity index (χ3n) is 4.57. The number of ether oxygens (including phenoxy) is 1. The van der Waals surface area contributed by atoms with Gasteiger partial charge in [0.1, 0.15) is 9.90 Å². The van der Waals surface area contributed by atoms with Crippen molar-refractivity contribution >= 4 is 44.1 Å². The molecule has 8 nitrogen and oxygen atoms in total. The average Bonchev–Trinajstić information content (AvgIpc) is 3.04. The van der Waals surface area contributed by atoms with Crippen LogP contribution in [0.3, 0.4) is 0 Å². The quantitative estimate of drug-likeness (QED) is 0.697. The number of rotatable bonds is 6. The minimum atomic E-state index is -3.96. The molecule has 0 atom stereocenters. The van der Waals surface area contributed by atoms with Gasteiger partial charge in [-0.2, -0.15) is 0 Å². The minimum Gasteiger partial charge on any atom is -0.462 e. The Bertz CT molecular complexity index is 1100. The number of carbonyl (C=O) groups is 3. The van der Waals surface area contributed by atoms with E-state index in [4.69, 9.17) is 4.74 Å². The molecule has 10 heteroatoms. The molecule has 2 heterocycles. The number of aryl methyl sites for hydroxylation is 1. The van der Waals surface area contributed by atoms with Gasteiger partial charge in [-0.15, -0.1) is 11.3 Å². The predicted octanol–water partition coefficient (Wildman–Crippen LogP) is 2.71. The van der Waals surface area contributed by atoms with Gasteiger partial charge in [0.2, 0.25) is 5.91 Å². The van der Waals surface area contributed by atoms with E-state index >= 15 is 0 Å². The fourth-order valence-corrected chi connectivity index (χ4v) is 5.64. The molecule has 0 bridgehead atoms. The van der Waals surface area contributed by atoms with Crippen LogP contribution in [-0.2, 0) is 19.6 Å². The molecular formula is C19H20N2O6S2. The summed E-state index contributed by atoms with van der Waals surface area (Å²) in [4.78, 5) is 37.8. The molecule has 0 unspecified atom stereocenters. The molecule has 0 saturated heterocycles. The second-order valence-corrected chi connectivity index (χ2v) is 9.44. The third kappa shape index (κ3) is 3.77. The maximum Gasteiger partial charge on any atom is 0.341 e. The summed E-state index contributed by atoms with van der Waals surface area (Å²) in [6.45, 7) is 5.19. The lowest BCUT2D eigenvalue weighted by Crippen LogP contribution is -2.33. The molecule has 1 aromatic heterocycles. The van der Waals surface area contributed by atoms with E-state index in [-0.39, 0.29) is 30.0 Å². The maximum atomic E-state index is 12.5. The number of amides is 2. The Morgan fingerprint density at radius 1 is 1.21 bits per heavy atom. The highest BCUT2D eigenvalue weighted by atomic mass is 32.2. The normalized spacial score (nSPS) is 14.6. The number of nitrogens with one attached hydrogen (secondary N) is 1. The van der Waals surface area contributed by atoms with Crippen LogP contribution in [0.4, 0.5) is 5.00 Å². The van der Waals surface area contributed by atoms with Gasteiger partial charge >= 0.3 is 5.97 Å². The van der Waals surface area contributed by atoms with Gasteiger partial charge in [-0.25, -0.2) is 17.5 Å². The number of esters is 1. The van der Waals surface area contributed by atoms with Crippen LogP contribution in [0.1, 0.15) is 44.5 Å². The fourth-order valence-electron chi connectivity index (χ4n) is 3.01. The molecule has 1 aliphatic rings. The Hall–Kier alpha value is -2.72. The van der Waals surface area contributed by atoms with Crippen molar-refractivity contribution in [3.8, 4) is 0 Å². The highest BCUT2D eigenvalue weighted by Crippen LogP contribution is 2.33. The van der Waals surface area contributed by atoms with E-state index in [0.29, 0.717) is 14.9 Å². The SMILES string of the molecule is CCOC(=O)c1c(NC(=O)CCN2C(=O)c3ccccc3S2(=O)=O)sc(C)c1C. The molecule has 1 aliphatic heterocycles. The summed E-state index contributed by atoms with van der Waals surface area (Å²) >= 11 is 1.24. The number of sulfonamides is 1. The maximum absolute atomic E-state index is 12.5. The molecule has 0 radical (unpaired) electrons. The van der Waals surface area contributed by atoms with E-state index in [0.717, 1.165) is 10.4 Å². The van der Waals surface area contributed by atoms with Crippen LogP contribution in [0.15, 0.2) is 29.2 Å². The van der Waals surface area contributed by atoms with E-state index in [1.165, 1.54) is 29.5 Å². The number of carbonyl (C=O) groups excluding carboxylic acids is 3. The summed E-state index contributed by atoms with van der Waals surface area (Å²) in [6, 6.07) is 5.93. The number of thiophene rings is 1. The predicted molar refractivity (Wildman–Crippen MR) is 108 cm³/mol. The number of anilines is 1. The molecule has 3 rings (SSSR count). The van der Waals surface area contributed by atoms with E-state index in [2.05, 4.69) is 5.32 Å². The molecule has 0 aliphatic carbocycles. The number of fused-ring (bicyclic) bond motifs is 1. The second kappa shape index (κ2) is 7.96. The first-order valence-corrected chi connectivity index (χ1v) is 11.2. The Morgan fingerprint density at radius 2 is 1.90 bits per heavy atom. The standard InChI is InChI=1S/C19H20N2O6S2/c1-4-27-19(24)16-11(2)12(3)28-17(16)20-15(22)9-10-21-18(23)13-7-5-6-8-14(13)29(21,25)26/h5-8H,4,9-10H2,1-3H3,(H,20,22). The van der Waals surface area contributed by atoms with Crippen molar-refractivity contribution in [3.63, 3.8) is 0 Å². The van der Waals surface area contributed by atoms with Crippen LogP contribution in [0.2, 0.25) is 0 Å². The zero-order valence-electron chi connectivity index (χ0n) is 16.1. The fraction of sp³-hybridized carbons (Fsp3) is 0.316. The van der Waals surface area contributed by atoms with E-state index in [9.17, 15) is 22.8 Å². The van der Waals surface area contributed by atoms with Crippen LogP contribution < -0.4 is 5.32 Å². The molecule has 0 saturated carbocycles. The van der Waals surface area contributed by atoms with Gasteiger partial charge in [-0.3, -0.25) is 9.59 Å². The first-order valence-electron chi connectivity index (χ1n) is 8.91. The van der Waals surface area contributed by atoms with Gasteiger partial charge in [0.25, 0.3) is 15.9 Å². The number of hydrogen-bond donors (Lipinski definition) is 1. The molecule has 154 valence electrons. The lowest BCUT2D eigenvalue weighted by atomic mass is 10.1. The number of benzene rings is 1.